The summed E-state index contributed by atoms with van der Waals surface area (Å²) in [4.78, 5) is 3.78. The van der Waals surface area contributed by atoms with Gasteiger partial charge in [-0.3, -0.25) is 5.10 Å². The lowest BCUT2D eigenvalue weighted by atomic mass is 10.2. The van der Waals surface area contributed by atoms with Crippen molar-refractivity contribution in [3.05, 3.63) is 22.1 Å². The topological polar surface area (TPSA) is 56.9 Å². The van der Waals surface area contributed by atoms with Crippen molar-refractivity contribution in [3.8, 4) is 6.07 Å². The number of nitriles is 1. The van der Waals surface area contributed by atoms with Crippen LogP contribution < -0.4 is 0 Å². The molecule has 0 bridgehead atoms. The van der Waals surface area contributed by atoms with E-state index in [0.717, 1.165) is 4.52 Å². The maximum atomic E-state index is 12.6. The maximum Gasteiger partial charge on any atom is 0.420 e. The van der Waals surface area contributed by atoms with E-state index in [2.05, 4.69) is 10.1 Å². The number of aromatic amines is 1. The Morgan fingerprint density at radius 3 is 2.62 bits per heavy atom. The molecule has 0 aliphatic rings. The van der Waals surface area contributed by atoms with Gasteiger partial charge in [-0.1, -0.05) is 11.6 Å². The van der Waals surface area contributed by atoms with E-state index < -0.39 is 22.5 Å². The summed E-state index contributed by atoms with van der Waals surface area (Å²) in [5.74, 6) is 0.377. The third kappa shape index (κ3) is 1.34. The van der Waals surface area contributed by atoms with Crippen molar-refractivity contribution in [1.82, 2.24) is 14.6 Å². The van der Waals surface area contributed by atoms with E-state index in [4.69, 9.17) is 16.9 Å². The third-order valence-corrected chi connectivity index (χ3v) is 2.39. The van der Waals surface area contributed by atoms with E-state index >= 15 is 0 Å². The van der Waals surface area contributed by atoms with E-state index in [1.165, 1.54) is 6.07 Å². The summed E-state index contributed by atoms with van der Waals surface area (Å²) in [6.07, 6.45) is -4.68. The van der Waals surface area contributed by atoms with Crippen LogP contribution in [0.15, 0.2) is 0 Å². The van der Waals surface area contributed by atoms with Crippen molar-refractivity contribution >= 4 is 17.2 Å². The highest BCUT2D eigenvalue weighted by molar-refractivity contribution is 6.31. The number of aryl methyl sites for hydroxylation is 1. The molecular formula is C8H4ClF3N4. The summed E-state index contributed by atoms with van der Waals surface area (Å²) >= 11 is 5.56. The fourth-order valence-electron chi connectivity index (χ4n) is 1.45. The minimum absolute atomic E-state index is 0.114. The van der Waals surface area contributed by atoms with Crippen LogP contribution in [0.5, 0.6) is 0 Å². The average molecular weight is 249 g/mol. The molecule has 0 aromatic carbocycles. The molecular weight excluding hydrogens is 245 g/mol. The molecule has 0 aliphatic heterocycles. The Balaban J connectivity index is 2.91. The standard InChI is InChI=1S/C8H4ClF3N4/c1-3-14-7-4(2-13)5(8(10,11)12)6(9)16(7)15-3/h1H3,(H,14,15). The predicted molar refractivity (Wildman–Crippen MR) is 49.0 cm³/mol. The number of aromatic nitrogens is 3. The molecule has 0 saturated heterocycles. The molecule has 4 nitrogen and oxygen atoms in total. The van der Waals surface area contributed by atoms with E-state index in [9.17, 15) is 13.2 Å². The zero-order valence-corrected chi connectivity index (χ0v) is 8.61. The highest BCUT2D eigenvalue weighted by Crippen LogP contribution is 2.39. The Morgan fingerprint density at radius 1 is 1.50 bits per heavy atom. The molecule has 0 fully saturated rings. The number of rotatable bonds is 0. The summed E-state index contributed by atoms with van der Waals surface area (Å²) in [6.45, 7) is 1.55. The summed E-state index contributed by atoms with van der Waals surface area (Å²) in [5, 5.41) is 10.7. The van der Waals surface area contributed by atoms with Gasteiger partial charge in [0.05, 0.1) is 0 Å². The molecule has 0 atom stereocenters. The molecule has 0 amide bonds. The van der Waals surface area contributed by atoms with Crippen molar-refractivity contribution in [2.24, 2.45) is 0 Å². The summed E-state index contributed by atoms with van der Waals surface area (Å²) in [7, 11) is 0. The second kappa shape index (κ2) is 3.15. The van der Waals surface area contributed by atoms with Gasteiger partial charge in [0.25, 0.3) is 0 Å². The Kier molecular flexibility index (Phi) is 2.13. The number of alkyl halides is 3. The van der Waals surface area contributed by atoms with Crippen molar-refractivity contribution in [2.75, 3.05) is 0 Å². The Hall–Kier alpha value is -1.68. The van der Waals surface area contributed by atoms with Crippen LogP contribution in [-0.4, -0.2) is 14.6 Å². The van der Waals surface area contributed by atoms with Crippen LogP contribution in [0.25, 0.3) is 5.65 Å². The lowest BCUT2D eigenvalue weighted by Gasteiger charge is -2.04. The molecule has 0 aliphatic carbocycles. The first-order valence-corrected chi connectivity index (χ1v) is 4.48. The van der Waals surface area contributed by atoms with E-state index in [0.29, 0.717) is 5.82 Å². The summed E-state index contributed by atoms with van der Waals surface area (Å²) < 4.78 is 38.8. The molecule has 0 radical (unpaired) electrons. The van der Waals surface area contributed by atoms with Crippen LogP contribution in [0.1, 0.15) is 17.0 Å². The molecule has 0 unspecified atom stereocenters. The highest BCUT2D eigenvalue weighted by Gasteiger charge is 2.40. The highest BCUT2D eigenvalue weighted by atomic mass is 35.5. The fraction of sp³-hybridized carbons (Fsp3) is 0.250. The van der Waals surface area contributed by atoms with Gasteiger partial charge in [0.1, 0.15) is 28.2 Å². The second-order valence-corrected chi connectivity index (χ2v) is 3.48. The van der Waals surface area contributed by atoms with Crippen molar-refractivity contribution in [2.45, 2.75) is 13.1 Å². The van der Waals surface area contributed by atoms with E-state index in [1.807, 2.05) is 0 Å². The smallest absolute Gasteiger partial charge is 0.278 e. The van der Waals surface area contributed by atoms with Crippen LogP contribution in [0.3, 0.4) is 0 Å². The minimum Gasteiger partial charge on any atom is -0.278 e. The number of hydrogen-bond donors (Lipinski definition) is 1. The Labute approximate surface area is 92.2 Å². The monoisotopic (exact) mass is 248 g/mol. The second-order valence-electron chi connectivity index (χ2n) is 3.12. The first-order chi connectivity index (χ1) is 7.36. The lowest BCUT2D eigenvalue weighted by molar-refractivity contribution is -0.137. The first kappa shape index (κ1) is 10.8. The van der Waals surface area contributed by atoms with Gasteiger partial charge >= 0.3 is 6.18 Å². The zero-order valence-electron chi connectivity index (χ0n) is 7.85. The molecule has 0 spiro atoms. The third-order valence-electron chi connectivity index (χ3n) is 2.03. The molecule has 2 aromatic rings. The van der Waals surface area contributed by atoms with Gasteiger partial charge in [0.2, 0.25) is 0 Å². The van der Waals surface area contributed by atoms with Crippen LogP contribution in [0.2, 0.25) is 5.15 Å². The summed E-state index contributed by atoms with van der Waals surface area (Å²) in [6, 6.07) is 1.47. The number of nitrogens with one attached hydrogen (secondary N) is 1. The van der Waals surface area contributed by atoms with Gasteiger partial charge in [0.15, 0.2) is 5.65 Å². The maximum absolute atomic E-state index is 12.6. The molecule has 2 heterocycles. The predicted octanol–water partition coefficient (Wildman–Crippen LogP) is 2.51. The molecule has 0 saturated carbocycles. The number of fused-ring (bicyclic) bond motifs is 1. The molecule has 2 aromatic heterocycles. The van der Waals surface area contributed by atoms with Gasteiger partial charge in [-0.05, 0) is 6.92 Å². The van der Waals surface area contributed by atoms with Gasteiger partial charge < -0.3 is 0 Å². The van der Waals surface area contributed by atoms with E-state index in [1.54, 1.807) is 6.92 Å². The number of H-pyrrole nitrogens is 1. The number of hydrogen-bond acceptors (Lipinski definition) is 2. The minimum atomic E-state index is -4.68. The SMILES string of the molecule is Cc1nc2c(C#N)c(C(F)(F)F)c(Cl)n2[nH]1. The zero-order chi connectivity index (χ0) is 12.1. The van der Waals surface area contributed by atoms with Crippen LogP contribution in [-0.2, 0) is 6.18 Å². The van der Waals surface area contributed by atoms with Crippen molar-refractivity contribution in [1.29, 1.82) is 5.26 Å². The molecule has 84 valence electrons. The van der Waals surface area contributed by atoms with Gasteiger partial charge in [-0.2, -0.15) is 18.4 Å². The molecule has 16 heavy (non-hydrogen) atoms. The van der Waals surface area contributed by atoms with E-state index in [-0.39, 0.29) is 5.65 Å². The Bertz CT molecular complexity index is 601. The van der Waals surface area contributed by atoms with Crippen molar-refractivity contribution < 1.29 is 13.2 Å². The van der Waals surface area contributed by atoms with Gasteiger partial charge in [-0.15, -0.1) is 0 Å². The molecule has 8 heteroatoms. The van der Waals surface area contributed by atoms with Crippen LogP contribution >= 0.6 is 11.6 Å². The van der Waals surface area contributed by atoms with Gasteiger partial charge in [-0.25, -0.2) is 9.50 Å². The normalized spacial score (nSPS) is 12.0. The van der Waals surface area contributed by atoms with Crippen LogP contribution in [0.4, 0.5) is 13.2 Å². The summed E-state index contributed by atoms with van der Waals surface area (Å²) in [5.41, 5.74) is -1.84. The Morgan fingerprint density at radius 2 is 2.12 bits per heavy atom. The first-order valence-electron chi connectivity index (χ1n) is 4.10. The molecule has 1 N–H and O–H groups in total. The average Bonchev–Trinajstić information content (AvgIpc) is 2.62. The van der Waals surface area contributed by atoms with Crippen LogP contribution in [0, 0.1) is 18.3 Å². The number of halogens is 4. The number of nitrogens with zero attached hydrogens (tertiary/aromatic N) is 3. The lowest BCUT2D eigenvalue weighted by Crippen LogP contribution is -2.07. The van der Waals surface area contributed by atoms with Gasteiger partial charge in [0, 0.05) is 0 Å². The largest absolute Gasteiger partial charge is 0.420 e. The van der Waals surface area contributed by atoms with Crippen molar-refractivity contribution in [3.63, 3.8) is 0 Å². The fourth-order valence-corrected chi connectivity index (χ4v) is 1.77. The quantitative estimate of drug-likeness (QED) is 0.779. The molecule has 2 rings (SSSR count).